The Morgan fingerprint density at radius 2 is 1.90 bits per heavy atom. The fraction of sp³-hybridized carbons (Fsp3) is 0.214. The van der Waals surface area contributed by atoms with Crippen LogP contribution in [0.5, 0.6) is 0 Å². The van der Waals surface area contributed by atoms with E-state index in [1.807, 2.05) is 0 Å². The van der Waals surface area contributed by atoms with E-state index < -0.39 is 5.97 Å². The maximum absolute atomic E-state index is 11.6. The van der Waals surface area contributed by atoms with E-state index in [1.165, 1.54) is 7.11 Å². The molecular weight excluding hydrogens is 313 g/mol. The molecular formula is C14H13Cl2N3O2. The van der Waals surface area contributed by atoms with Gasteiger partial charge in [0.1, 0.15) is 17.2 Å². The Kier molecular flexibility index (Phi) is 4.65. The van der Waals surface area contributed by atoms with Crippen LogP contribution in [0.15, 0.2) is 18.2 Å². The molecule has 0 radical (unpaired) electrons. The van der Waals surface area contributed by atoms with Crippen molar-refractivity contribution in [2.45, 2.75) is 13.3 Å². The van der Waals surface area contributed by atoms with Gasteiger partial charge in [-0.25, -0.2) is 14.8 Å². The third kappa shape index (κ3) is 3.25. The summed E-state index contributed by atoms with van der Waals surface area (Å²) >= 11 is 12.2. The number of hydrogen-bond donors (Lipinski definition) is 1. The lowest BCUT2D eigenvalue weighted by Crippen LogP contribution is -2.13. The number of methoxy groups -OCH3 is 1. The maximum Gasteiger partial charge on any atom is 0.343 e. The summed E-state index contributed by atoms with van der Waals surface area (Å²) in [6, 6.07) is 5.23. The topological polar surface area (TPSA) is 78.1 Å². The molecule has 21 heavy (non-hydrogen) atoms. The second-order valence-electron chi connectivity index (χ2n) is 4.35. The van der Waals surface area contributed by atoms with Gasteiger partial charge in [-0.1, -0.05) is 29.3 Å². The van der Waals surface area contributed by atoms with Crippen LogP contribution in [0.25, 0.3) is 0 Å². The van der Waals surface area contributed by atoms with Crippen molar-refractivity contribution in [2.75, 3.05) is 12.8 Å². The minimum absolute atomic E-state index is 0.0764. The number of nitrogen functional groups attached to an aromatic ring is 1. The van der Waals surface area contributed by atoms with Crippen molar-refractivity contribution in [2.24, 2.45) is 0 Å². The zero-order valence-corrected chi connectivity index (χ0v) is 13.0. The molecule has 1 aromatic carbocycles. The molecule has 7 heteroatoms. The zero-order chi connectivity index (χ0) is 15.6. The fourth-order valence-electron chi connectivity index (χ4n) is 1.95. The van der Waals surface area contributed by atoms with Crippen molar-refractivity contribution in [1.82, 2.24) is 9.97 Å². The van der Waals surface area contributed by atoms with Crippen molar-refractivity contribution in [1.29, 1.82) is 0 Å². The van der Waals surface area contributed by atoms with Gasteiger partial charge in [0.25, 0.3) is 0 Å². The summed E-state index contributed by atoms with van der Waals surface area (Å²) in [5.41, 5.74) is 7.15. The molecule has 0 bridgehead atoms. The molecule has 5 nitrogen and oxygen atoms in total. The van der Waals surface area contributed by atoms with Crippen LogP contribution in [0.1, 0.15) is 27.4 Å². The first kappa shape index (κ1) is 15.5. The molecule has 0 unspecified atom stereocenters. The number of aryl methyl sites for hydroxylation is 1. The molecule has 1 aromatic heterocycles. The number of halogens is 2. The van der Waals surface area contributed by atoms with E-state index in [2.05, 4.69) is 14.7 Å². The van der Waals surface area contributed by atoms with Gasteiger partial charge in [-0.15, -0.1) is 0 Å². The van der Waals surface area contributed by atoms with E-state index >= 15 is 0 Å². The second-order valence-corrected chi connectivity index (χ2v) is 5.17. The summed E-state index contributed by atoms with van der Waals surface area (Å²) in [4.78, 5) is 20.0. The lowest BCUT2D eigenvalue weighted by atomic mass is 10.1. The van der Waals surface area contributed by atoms with Gasteiger partial charge in [0.05, 0.1) is 12.8 Å². The molecule has 0 amide bonds. The molecule has 2 aromatic rings. The van der Waals surface area contributed by atoms with Gasteiger partial charge in [0, 0.05) is 16.5 Å². The van der Waals surface area contributed by atoms with Crippen molar-refractivity contribution < 1.29 is 9.53 Å². The molecule has 2 rings (SSSR count). The highest BCUT2D eigenvalue weighted by atomic mass is 35.5. The van der Waals surface area contributed by atoms with Crippen LogP contribution >= 0.6 is 23.2 Å². The summed E-state index contributed by atoms with van der Waals surface area (Å²) in [5.74, 6) is -0.0486. The number of carbonyl (C=O) groups excluding carboxylic acids is 1. The minimum Gasteiger partial charge on any atom is -0.465 e. The third-order valence-electron chi connectivity index (χ3n) is 2.95. The van der Waals surface area contributed by atoms with Crippen LogP contribution in [-0.2, 0) is 11.2 Å². The molecule has 0 atom stereocenters. The number of nitrogens with two attached hydrogens (primary N) is 1. The number of benzene rings is 1. The molecule has 0 saturated heterocycles. The molecule has 110 valence electrons. The van der Waals surface area contributed by atoms with Gasteiger partial charge in [0.2, 0.25) is 0 Å². The molecule has 0 fully saturated rings. The van der Waals surface area contributed by atoms with Gasteiger partial charge >= 0.3 is 5.97 Å². The van der Waals surface area contributed by atoms with Gasteiger partial charge in [0.15, 0.2) is 0 Å². The Morgan fingerprint density at radius 3 is 2.43 bits per heavy atom. The van der Waals surface area contributed by atoms with E-state index in [9.17, 15) is 4.79 Å². The predicted molar refractivity (Wildman–Crippen MR) is 81.8 cm³/mol. The summed E-state index contributed by atoms with van der Waals surface area (Å²) in [5, 5.41) is 1.05. The minimum atomic E-state index is -0.563. The number of ether oxygens (including phenoxy) is 1. The first-order chi connectivity index (χ1) is 9.93. The Labute approximate surface area is 132 Å². The van der Waals surface area contributed by atoms with E-state index in [-0.39, 0.29) is 11.4 Å². The number of esters is 1. The number of aromatic nitrogens is 2. The first-order valence-electron chi connectivity index (χ1n) is 6.08. The van der Waals surface area contributed by atoms with Crippen LogP contribution in [0.3, 0.4) is 0 Å². The van der Waals surface area contributed by atoms with Crippen LogP contribution in [-0.4, -0.2) is 23.0 Å². The number of rotatable bonds is 3. The van der Waals surface area contributed by atoms with Crippen molar-refractivity contribution in [3.05, 3.63) is 50.9 Å². The highest BCUT2D eigenvalue weighted by molar-refractivity contribution is 6.36. The maximum atomic E-state index is 11.6. The standard InChI is InChI=1S/C14H13Cl2N3O2/c1-7-12(14(20)21-2)13(17)19-11(18-7)6-8-9(15)4-3-5-10(8)16/h3-5H,6H2,1-2H3,(H2,17,18,19). The van der Waals surface area contributed by atoms with E-state index in [4.69, 9.17) is 28.9 Å². The monoisotopic (exact) mass is 325 g/mol. The fourth-order valence-corrected chi connectivity index (χ4v) is 2.48. The number of hydrogen-bond acceptors (Lipinski definition) is 5. The molecule has 1 heterocycles. The Bertz CT molecular complexity index is 661. The van der Waals surface area contributed by atoms with Gasteiger partial charge < -0.3 is 10.5 Å². The largest absolute Gasteiger partial charge is 0.465 e. The molecule has 0 aliphatic carbocycles. The van der Waals surface area contributed by atoms with Crippen molar-refractivity contribution >= 4 is 35.0 Å². The third-order valence-corrected chi connectivity index (χ3v) is 3.66. The van der Waals surface area contributed by atoms with E-state index in [1.54, 1.807) is 25.1 Å². The van der Waals surface area contributed by atoms with Gasteiger partial charge in [-0.05, 0) is 24.6 Å². The molecule has 0 spiro atoms. The van der Waals surface area contributed by atoms with Crippen LogP contribution in [0, 0.1) is 6.92 Å². The van der Waals surface area contributed by atoms with Gasteiger partial charge in [-0.2, -0.15) is 0 Å². The van der Waals surface area contributed by atoms with Crippen molar-refractivity contribution in [3.8, 4) is 0 Å². The number of nitrogens with zero attached hydrogens (tertiary/aromatic N) is 2. The quantitative estimate of drug-likeness (QED) is 0.877. The predicted octanol–water partition coefficient (Wildman–Crippen LogP) is 3.05. The normalized spacial score (nSPS) is 10.5. The number of carbonyl (C=O) groups is 1. The zero-order valence-electron chi connectivity index (χ0n) is 11.5. The van der Waals surface area contributed by atoms with Gasteiger partial charge in [-0.3, -0.25) is 0 Å². The average Bonchev–Trinajstić information content (AvgIpc) is 2.42. The Morgan fingerprint density at radius 1 is 1.29 bits per heavy atom. The summed E-state index contributed by atoms with van der Waals surface area (Å²) in [6.07, 6.45) is 0.324. The number of anilines is 1. The molecule has 0 aliphatic rings. The highest BCUT2D eigenvalue weighted by Gasteiger charge is 2.18. The van der Waals surface area contributed by atoms with Crippen LogP contribution in [0.2, 0.25) is 10.0 Å². The lowest BCUT2D eigenvalue weighted by Gasteiger charge is -2.10. The summed E-state index contributed by atoms with van der Waals surface area (Å²) in [7, 11) is 1.28. The highest BCUT2D eigenvalue weighted by Crippen LogP contribution is 2.26. The Balaban J connectivity index is 2.41. The van der Waals surface area contributed by atoms with Crippen LogP contribution in [0.4, 0.5) is 5.82 Å². The average molecular weight is 326 g/mol. The van der Waals surface area contributed by atoms with Crippen LogP contribution < -0.4 is 5.73 Å². The molecule has 0 aliphatic heterocycles. The molecule has 2 N–H and O–H groups in total. The smallest absolute Gasteiger partial charge is 0.343 e. The first-order valence-corrected chi connectivity index (χ1v) is 6.83. The summed E-state index contributed by atoms with van der Waals surface area (Å²) < 4.78 is 4.65. The second kappa shape index (κ2) is 6.28. The Hall–Kier alpha value is -1.85. The molecule has 0 saturated carbocycles. The van der Waals surface area contributed by atoms with E-state index in [0.717, 1.165) is 0 Å². The van der Waals surface area contributed by atoms with E-state index in [0.29, 0.717) is 33.5 Å². The van der Waals surface area contributed by atoms with Crippen molar-refractivity contribution in [3.63, 3.8) is 0 Å². The SMILES string of the molecule is COC(=O)c1c(C)nc(Cc2c(Cl)cccc2Cl)nc1N. The summed E-state index contributed by atoms with van der Waals surface area (Å²) in [6.45, 7) is 1.67. The lowest BCUT2D eigenvalue weighted by molar-refractivity contribution is 0.0600.